The third-order valence-electron chi connectivity index (χ3n) is 3.46. The van der Waals surface area contributed by atoms with Crippen LogP contribution in [-0.4, -0.2) is 21.9 Å². The zero-order chi connectivity index (χ0) is 15.5. The fourth-order valence-electron chi connectivity index (χ4n) is 2.33. The molecule has 1 unspecified atom stereocenters. The molecule has 2 aromatic rings. The van der Waals surface area contributed by atoms with E-state index in [9.17, 15) is 4.39 Å². The van der Waals surface area contributed by atoms with Gasteiger partial charge in [0.2, 0.25) is 0 Å². The second-order valence-corrected chi connectivity index (χ2v) is 6.61. The summed E-state index contributed by atoms with van der Waals surface area (Å²) in [4.78, 5) is 0. The van der Waals surface area contributed by atoms with Crippen molar-refractivity contribution in [3.8, 4) is 0 Å². The smallest absolute Gasteiger partial charge is 0.123 e. The molecular formula is C17H24FN3. The van der Waals surface area contributed by atoms with Crippen LogP contribution in [0.25, 0.3) is 0 Å². The number of hydrogen-bond donors (Lipinski definition) is 1. The molecule has 0 bridgehead atoms. The predicted molar refractivity (Wildman–Crippen MR) is 83.8 cm³/mol. The van der Waals surface area contributed by atoms with Crippen molar-refractivity contribution in [2.24, 2.45) is 7.05 Å². The zero-order valence-electron chi connectivity index (χ0n) is 13.2. The summed E-state index contributed by atoms with van der Waals surface area (Å²) in [7, 11) is 1.92. The maximum atomic E-state index is 13.1. The molecule has 2 rings (SSSR count). The highest BCUT2D eigenvalue weighted by Crippen LogP contribution is 2.21. The van der Waals surface area contributed by atoms with Crippen LogP contribution in [0.5, 0.6) is 0 Å². The summed E-state index contributed by atoms with van der Waals surface area (Å²) in [5, 5.41) is 7.76. The Balaban J connectivity index is 2.15. The van der Waals surface area contributed by atoms with E-state index in [0.29, 0.717) is 5.92 Å². The molecule has 0 aliphatic rings. The van der Waals surface area contributed by atoms with Gasteiger partial charge in [-0.15, -0.1) is 0 Å². The summed E-state index contributed by atoms with van der Waals surface area (Å²) in [6, 6.07) is 6.81. The molecule has 0 aliphatic heterocycles. The van der Waals surface area contributed by atoms with Crippen LogP contribution in [0, 0.1) is 5.82 Å². The van der Waals surface area contributed by atoms with E-state index in [4.69, 9.17) is 0 Å². The summed E-state index contributed by atoms with van der Waals surface area (Å²) >= 11 is 0. The molecule has 0 saturated heterocycles. The van der Waals surface area contributed by atoms with E-state index in [-0.39, 0.29) is 11.4 Å². The van der Waals surface area contributed by atoms with Crippen molar-refractivity contribution in [3.05, 3.63) is 53.6 Å². The number of nitrogens with one attached hydrogen (secondary N) is 1. The van der Waals surface area contributed by atoms with Crippen LogP contribution in [-0.2, 0) is 13.5 Å². The molecule has 0 aliphatic carbocycles. The summed E-state index contributed by atoms with van der Waals surface area (Å²) in [6.07, 6.45) is 4.82. The van der Waals surface area contributed by atoms with Crippen LogP contribution in [0.3, 0.4) is 0 Å². The molecule has 1 atom stereocenters. The van der Waals surface area contributed by atoms with Gasteiger partial charge < -0.3 is 5.32 Å². The Bertz CT molecular complexity index is 566. The van der Waals surface area contributed by atoms with Crippen LogP contribution >= 0.6 is 0 Å². The molecule has 0 fully saturated rings. The molecule has 21 heavy (non-hydrogen) atoms. The van der Waals surface area contributed by atoms with Gasteiger partial charge >= 0.3 is 0 Å². The second-order valence-electron chi connectivity index (χ2n) is 6.61. The van der Waals surface area contributed by atoms with Crippen molar-refractivity contribution in [1.82, 2.24) is 15.1 Å². The Morgan fingerprint density at radius 2 is 1.90 bits per heavy atom. The van der Waals surface area contributed by atoms with Crippen molar-refractivity contribution in [1.29, 1.82) is 0 Å². The summed E-state index contributed by atoms with van der Waals surface area (Å²) in [5.41, 5.74) is 2.41. The number of hydrogen-bond acceptors (Lipinski definition) is 2. The molecule has 4 heteroatoms. The van der Waals surface area contributed by atoms with Gasteiger partial charge in [0, 0.05) is 31.2 Å². The lowest BCUT2D eigenvalue weighted by molar-refractivity contribution is 0.405. The fourth-order valence-corrected chi connectivity index (χ4v) is 2.33. The zero-order valence-corrected chi connectivity index (χ0v) is 13.2. The quantitative estimate of drug-likeness (QED) is 0.915. The van der Waals surface area contributed by atoms with Crippen molar-refractivity contribution < 1.29 is 4.39 Å². The van der Waals surface area contributed by atoms with E-state index >= 15 is 0 Å². The predicted octanol–water partition coefficient (Wildman–Crippen LogP) is 3.27. The Kier molecular flexibility index (Phi) is 4.78. The summed E-state index contributed by atoms with van der Waals surface area (Å²) in [6.45, 7) is 7.31. The maximum absolute atomic E-state index is 13.1. The van der Waals surface area contributed by atoms with Gasteiger partial charge in [0.05, 0.1) is 6.20 Å². The van der Waals surface area contributed by atoms with Crippen LogP contribution in [0.2, 0.25) is 0 Å². The van der Waals surface area contributed by atoms with Gasteiger partial charge in [0.1, 0.15) is 5.82 Å². The first-order valence-electron chi connectivity index (χ1n) is 7.31. The largest absolute Gasteiger partial charge is 0.311 e. The molecule has 3 nitrogen and oxygen atoms in total. The SMILES string of the molecule is Cn1cc(CC(CNC(C)(C)C)c2ccc(F)cc2)cn1. The second kappa shape index (κ2) is 6.39. The normalized spacial score (nSPS) is 13.4. The van der Waals surface area contributed by atoms with E-state index in [1.807, 2.05) is 36.3 Å². The molecule has 114 valence electrons. The minimum atomic E-state index is -0.192. The van der Waals surface area contributed by atoms with Crippen LogP contribution in [0.15, 0.2) is 36.7 Å². The molecule has 0 amide bonds. The molecule has 0 saturated carbocycles. The first kappa shape index (κ1) is 15.7. The first-order chi connectivity index (χ1) is 9.83. The minimum absolute atomic E-state index is 0.0627. The van der Waals surface area contributed by atoms with Crippen molar-refractivity contribution in [2.75, 3.05) is 6.54 Å². The molecular weight excluding hydrogens is 265 g/mol. The first-order valence-corrected chi connectivity index (χ1v) is 7.31. The average Bonchev–Trinajstić information content (AvgIpc) is 2.80. The van der Waals surface area contributed by atoms with Crippen molar-refractivity contribution in [3.63, 3.8) is 0 Å². The minimum Gasteiger partial charge on any atom is -0.311 e. The van der Waals surface area contributed by atoms with Gasteiger partial charge in [-0.3, -0.25) is 4.68 Å². The lowest BCUT2D eigenvalue weighted by atomic mass is 9.92. The fraction of sp³-hybridized carbons (Fsp3) is 0.471. The third-order valence-corrected chi connectivity index (χ3v) is 3.46. The molecule has 0 spiro atoms. The molecule has 1 aromatic carbocycles. The lowest BCUT2D eigenvalue weighted by Crippen LogP contribution is -2.39. The van der Waals surface area contributed by atoms with Gasteiger partial charge in [-0.25, -0.2) is 4.39 Å². The van der Waals surface area contributed by atoms with Gasteiger partial charge in [0.15, 0.2) is 0 Å². The monoisotopic (exact) mass is 289 g/mol. The van der Waals surface area contributed by atoms with Crippen molar-refractivity contribution >= 4 is 0 Å². The van der Waals surface area contributed by atoms with E-state index in [1.54, 1.807) is 0 Å². The van der Waals surface area contributed by atoms with Crippen LogP contribution in [0.4, 0.5) is 4.39 Å². The van der Waals surface area contributed by atoms with E-state index in [2.05, 4.69) is 31.2 Å². The van der Waals surface area contributed by atoms with Gasteiger partial charge in [-0.1, -0.05) is 12.1 Å². The molecule has 1 aromatic heterocycles. The van der Waals surface area contributed by atoms with Crippen LogP contribution < -0.4 is 5.32 Å². The topological polar surface area (TPSA) is 29.9 Å². The molecule has 0 radical (unpaired) electrons. The summed E-state index contributed by atoms with van der Waals surface area (Å²) < 4.78 is 14.9. The summed E-state index contributed by atoms with van der Waals surface area (Å²) in [5.74, 6) is 0.108. The number of halogens is 1. The molecule has 1 heterocycles. The maximum Gasteiger partial charge on any atom is 0.123 e. The van der Waals surface area contributed by atoms with Crippen LogP contribution in [0.1, 0.15) is 37.8 Å². The van der Waals surface area contributed by atoms with E-state index < -0.39 is 0 Å². The van der Waals surface area contributed by atoms with E-state index in [0.717, 1.165) is 18.5 Å². The highest BCUT2D eigenvalue weighted by atomic mass is 19.1. The number of rotatable bonds is 5. The Labute approximate surface area is 126 Å². The number of aromatic nitrogens is 2. The Morgan fingerprint density at radius 1 is 1.24 bits per heavy atom. The lowest BCUT2D eigenvalue weighted by Gasteiger charge is -2.25. The van der Waals surface area contributed by atoms with E-state index in [1.165, 1.54) is 17.7 Å². The van der Waals surface area contributed by atoms with Crippen molar-refractivity contribution in [2.45, 2.75) is 38.6 Å². The Hall–Kier alpha value is -1.68. The van der Waals surface area contributed by atoms with Gasteiger partial charge in [-0.2, -0.15) is 5.10 Å². The number of nitrogens with zero attached hydrogens (tertiary/aromatic N) is 2. The number of benzene rings is 1. The highest BCUT2D eigenvalue weighted by Gasteiger charge is 2.17. The number of aryl methyl sites for hydroxylation is 1. The van der Waals surface area contributed by atoms with Gasteiger partial charge in [-0.05, 0) is 50.5 Å². The standard InChI is InChI=1S/C17H24FN3/c1-17(2,3)19-11-15(9-13-10-20-21(4)12-13)14-5-7-16(18)8-6-14/h5-8,10,12,15,19H,9,11H2,1-4H3. The highest BCUT2D eigenvalue weighted by molar-refractivity contribution is 5.23. The van der Waals surface area contributed by atoms with Gasteiger partial charge in [0.25, 0.3) is 0 Å². The third kappa shape index (κ3) is 4.97. The molecule has 1 N–H and O–H groups in total. The average molecular weight is 289 g/mol. The Morgan fingerprint density at radius 3 is 2.43 bits per heavy atom.